The van der Waals surface area contributed by atoms with E-state index in [2.05, 4.69) is 4.74 Å². The third-order valence-corrected chi connectivity index (χ3v) is 3.36. The Balaban J connectivity index is 2.99. The molecule has 86 valence electrons. The minimum Gasteiger partial charge on any atom is -0.466 e. The Hall–Kier alpha value is -1.62. The molecule has 0 saturated carbocycles. The van der Waals surface area contributed by atoms with Gasteiger partial charge in [-0.05, 0) is 19.1 Å². The fourth-order valence-corrected chi connectivity index (χ4v) is 1.98. The molecule has 1 aromatic carbocycles. The van der Waals surface area contributed by atoms with Gasteiger partial charge in [0.25, 0.3) is 0 Å². The summed E-state index contributed by atoms with van der Waals surface area (Å²) in [6.45, 7) is 1.86. The highest BCUT2D eigenvalue weighted by molar-refractivity contribution is 7.94. The summed E-state index contributed by atoms with van der Waals surface area (Å²) in [5, 5.41) is 0.837. The molecule has 0 fully saturated rings. The molecule has 1 aromatic rings. The lowest BCUT2D eigenvalue weighted by molar-refractivity contribution is -0.134. The summed E-state index contributed by atoms with van der Waals surface area (Å²) in [5.74, 6) is -0.698. The van der Waals surface area contributed by atoms with Crippen LogP contribution in [0, 0.1) is 6.92 Å². The smallest absolute Gasteiger partial charge is 0.331 e. The van der Waals surface area contributed by atoms with Crippen LogP contribution in [0.4, 0.5) is 0 Å². The van der Waals surface area contributed by atoms with Crippen molar-refractivity contribution in [2.24, 2.45) is 0 Å². The van der Waals surface area contributed by atoms with Crippen LogP contribution in [-0.4, -0.2) is 21.5 Å². The van der Waals surface area contributed by atoms with Crippen molar-refractivity contribution in [3.63, 3.8) is 0 Å². The van der Waals surface area contributed by atoms with Crippen molar-refractivity contribution in [3.05, 3.63) is 41.3 Å². The van der Waals surface area contributed by atoms with Gasteiger partial charge in [0.1, 0.15) is 0 Å². The van der Waals surface area contributed by atoms with E-state index in [1.807, 2.05) is 6.92 Å². The minimum absolute atomic E-state index is 0.151. The summed E-state index contributed by atoms with van der Waals surface area (Å²) < 4.78 is 27.6. The van der Waals surface area contributed by atoms with Gasteiger partial charge >= 0.3 is 5.97 Å². The molecule has 0 bridgehead atoms. The first-order chi connectivity index (χ1) is 7.45. The fraction of sp³-hybridized carbons (Fsp3) is 0.182. The summed E-state index contributed by atoms with van der Waals surface area (Å²) in [6, 6.07) is 6.37. The SMILES string of the molecule is COC(=O)/C=C\S(=O)(=O)c1ccc(C)cc1. The van der Waals surface area contributed by atoms with Gasteiger partial charge in [-0.3, -0.25) is 0 Å². The van der Waals surface area contributed by atoms with E-state index in [9.17, 15) is 13.2 Å². The van der Waals surface area contributed by atoms with Gasteiger partial charge in [-0.25, -0.2) is 13.2 Å². The third kappa shape index (κ3) is 3.20. The van der Waals surface area contributed by atoms with Crippen LogP contribution in [0.3, 0.4) is 0 Å². The van der Waals surface area contributed by atoms with E-state index in [0.717, 1.165) is 17.0 Å². The van der Waals surface area contributed by atoms with Crippen LogP contribution in [0.15, 0.2) is 40.6 Å². The van der Waals surface area contributed by atoms with E-state index < -0.39 is 15.8 Å². The highest BCUT2D eigenvalue weighted by Gasteiger charge is 2.10. The lowest BCUT2D eigenvalue weighted by Gasteiger charge is -1.99. The summed E-state index contributed by atoms with van der Waals surface area (Å²) in [7, 11) is -2.38. The summed E-state index contributed by atoms with van der Waals surface area (Å²) in [4.78, 5) is 10.9. The molecule has 0 saturated heterocycles. The maximum Gasteiger partial charge on any atom is 0.331 e. The molecule has 0 aliphatic rings. The Bertz CT molecular complexity index is 497. The summed E-state index contributed by atoms with van der Waals surface area (Å²) in [5.41, 5.74) is 0.968. The number of rotatable bonds is 3. The van der Waals surface area contributed by atoms with E-state index in [1.165, 1.54) is 19.2 Å². The molecule has 0 unspecified atom stereocenters. The fourth-order valence-electron chi connectivity index (χ4n) is 1.02. The number of ether oxygens (including phenoxy) is 1. The monoisotopic (exact) mass is 240 g/mol. The van der Waals surface area contributed by atoms with Crippen molar-refractivity contribution in [1.29, 1.82) is 0 Å². The lowest BCUT2D eigenvalue weighted by Crippen LogP contribution is -2.00. The number of esters is 1. The number of methoxy groups -OCH3 is 1. The van der Waals surface area contributed by atoms with Gasteiger partial charge in [0.15, 0.2) is 9.84 Å². The molecule has 0 radical (unpaired) electrons. The van der Waals surface area contributed by atoms with E-state index in [1.54, 1.807) is 12.1 Å². The third-order valence-electron chi connectivity index (χ3n) is 1.93. The first-order valence-electron chi connectivity index (χ1n) is 4.53. The first kappa shape index (κ1) is 12.4. The van der Waals surface area contributed by atoms with Gasteiger partial charge < -0.3 is 4.74 Å². The van der Waals surface area contributed by atoms with Crippen LogP contribution in [0.1, 0.15) is 5.56 Å². The molecule has 0 aromatic heterocycles. The highest BCUT2D eigenvalue weighted by Crippen LogP contribution is 2.12. The van der Waals surface area contributed by atoms with Crippen LogP contribution in [0.25, 0.3) is 0 Å². The normalized spacial score (nSPS) is 11.6. The van der Waals surface area contributed by atoms with Crippen molar-refractivity contribution < 1.29 is 17.9 Å². The maximum absolute atomic E-state index is 11.7. The van der Waals surface area contributed by atoms with Crippen molar-refractivity contribution >= 4 is 15.8 Å². The zero-order valence-corrected chi connectivity index (χ0v) is 9.82. The molecule has 0 spiro atoms. The zero-order chi connectivity index (χ0) is 12.2. The average Bonchev–Trinajstić information content (AvgIpc) is 2.26. The first-order valence-corrected chi connectivity index (χ1v) is 6.08. The van der Waals surface area contributed by atoms with Crippen molar-refractivity contribution in [2.45, 2.75) is 11.8 Å². The Morgan fingerprint density at radius 2 is 1.81 bits per heavy atom. The van der Waals surface area contributed by atoms with Crippen molar-refractivity contribution in [2.75, 3.05) is 7.11 Å². The number of carbonyl (C=O) groups is 1. The number of sulfone groups is 1. The second-order valence-electron chi connectivity index (χ2n) is 3.18. The largest absolute Gasteiger partial charge is 0.466 e. The molecule has 0 amide bonds. The van der Waals surface area contributed by atoms with Crippen molar-refractivity contribution in [3.8, 4) is 0 Å². The number of benzene rings is 1. The molecule has 0 N–H and O–H groups in total. The molecule has 0 heterocycles. The molecule has 0 aliphatic heterocycles. The molecule has 4 nitrogen and oxygen atoms in total. The molecule has 0 atom stereocenters. The van der Waals surface area contributed by atoms with Gasteiger partial charge in [0.2, 0.25) is 0 Å². The molecule has 0 aliphatic carbocycles. The van der Waals surface area contributed by atoms with Crippen LogP contribution < -0.4 is 0 Å². The average molecular weight is 240 g/mol. The van der Waals surface area contributed by atoms with Crippen LogP contribution in [0.2, 0.25) is 0 Å². The van der Waals surface area contributed by atoms with E-state index in [0.29, 0.717) is 0 Å². The topological polar surface area (TPSA) is 60.4 Å². The molecule has 1 rings (SSSR count). The maximum atomic E-state index is 11.7. The van der Waals surface area contributed by atoms with Crippen LogP contribution >= 0.6 is 0 Å². The second kappa shape index (κ2) is 4.94. The molecular formula is C11H12O4S. The lowest BCUT2D eigenvalue weighted by atomic mass is 10.2. The molecular weight excluding hydrogens is 228 g/mol. The van der Waals surface area contributed by atoms with E-state index in [-0.39, 0.29) is 4.90 Å². The molecule has 16 heavy (non-hydrogen) atoms. The second-order valence-corrected chi connectivity index (χ2v) is 5.02. The Morgan fingerprint density at radius 1 is 1.25 bits per heavy atom. The minimum atomic E-state index is -3.56. The summed E-state index contributed by atoms with van der Waals surface area (Å²) >= 11 is 0. The van der Waals surface area contributed by atoms with Gasteiger partial charge in [-0.2, -0.15) is 0 Å². The van der Waals surface area contributed by atoms with E-state index >= 15 is 0 Å². The van der Waals surface area contributed by atoms with Gasteiger partial charge in [0.05, 0.1) is 12.0 Å². The van der Waals surface area contributed by atoms with Crippen molar-refractivity contribution in [1.82, 2.24) is 0 Å². The predicted molar refractivity (Wildman–Crippen MR) is 59.5 cm³/mol. The van der Waals surface area contributed by atoms with Crippen LogP contribution in [-0.2, 0) is 19.4 Å². The number of hydrogen-bond donors (Lipinski definition) is 0. The van der Waals surface area contributed by atoms with Gasteiger partial charge in [-0.15, -0.1) is 0 Å². The zero-order valence-electron chi connectivity index (χ0n) is 9.01. The van der Waals surface area contributed by atoms with E-state index in [4.69, 9.17) is 0 Å². The number of hydrogen-bond acceptors (Lipinski definition) is 4. The number of aryl methyl sites for hydroxylation is 1. The Labute approximate surface area is 94.5 Å². The van der Waals surface area contributed by atoms with Gasteiger partial charge in [-0.1, -0.05) is 17.7 Å². The standard InChI is InChI=1S/C11H12O4S/c1-9-3-5-10(6-4-9)16(13,14)8-7-11(12)15-2/h3-8H,1-2H3/b8-7-. The summed E-state index contributed by atoms with van der Waals surface area (Å²) in [6.07, 6.45) is 0.884. The number of carbonyl (C=O) groups excluding carboxylic acids is 1. The van der Waals surface area contributed by atoms with Crippen LogP contribution in [0.5, 0.6) is 0 Å². The Morgan fingerprint density at radius 3 is 2.31 bits per heavy atom. The highest BCUT2D eigenvalue weighted by atomic mass is 32.2. The molecule has 5 heteroatoms. The predicted octanol–water partition coefficient (Wildman–Crippen LogP) is 1.46. The Kier molecular flexibility index (Phi) is 3.84. The quantitative estimate of drug-likeness (QED) is 0.592. The van der Waals surface area contributed by atoms with Gasteiger partial charge in [0, 0.05) is 11.5 Å².